The first-order valence-electron chi connectivity index (χ1n) is 9.52. The summed E-state index contributed by atoms with van der Waals surface area (Å²) in [5.74, 6) is 0.0804. The van der Waals surface area contributed by atoms with Gasteiger partial charge in [-0.1, -0.05) is 0 Å². The summed E-state index contributed by atoms with van der Waals surface area (Å²) in [6.07, 6.45) is 3.62. The molecule has 1 aromatic heterocycles. The van der Waals surface area contributed by atoms with Crippen molar-refractivity contribution in [2.24, 2.45) is 0 Å². The number of amides is 2. The molecule has 3 aromatic rings. The molecule has 0 aliphatic carbocycles. The third-order valence-electron chi connectivity index (χ3n) is 4.90. The number of hydrogen-bond acceptors (Lipinski definition) is 5. The van der Waals surface area contributed by atoms with Gasteiger partial charge in [0.25, 0.3) is 11.8 Å². The van der Waals surface area contributed by atoms with Crippen LogP contribution in [-0.4, -0.2) is 30.7 Å². The SMILES string of the molecule is CC(=O)c1ccc(OCC(=O)Nc2ccc3c(c2)CCN3C(=O)c2ccoc2)cc1. The van der Waals surface area contributed by atoms with Crippen LogP contribution in [0.5, 0.6) is 5.75 Å². The largest absolute Gasteiger partial charge is 0.484 e. The number of ketones is 1. The summed E-state index contributed by atoms with van der Waals surface area (Å²) < 4.78 is 10.5. The van der Waals surface area contributed by atoms with E-state index < -0.39 is 0 Å². The number of carbonyl (C=O) groups is 3. The Labute approximate surface area is 173 Å². The van der Waals surface area contributed by atoms with E-state index >= 15 is 0 Å². The molecule has 0 bridgehead atoms. The molecular formula is C23H20N2O5. The minimum atomic E-state index is -0.296. The van der Waals surface area contributed by atoms with E-state index in [0.29, 0.717) is 35.5 Å². The molecule has 7 heteroatoms. The van der Waals surface area contributed by atoms with E-state index in [9.17, 15) is 14.4 Å². The molecular weight excluding hydrogens is 384 g/mol. The Kier molecular flexibility index (Phi) is 5.34. The van der Waals surface area contributed by atoms with Crippen LogP contribution >= 0.6 is 0 Å². The Morgan fingerprint density at radius 3 is 2.57 bits per heavy atom. The highest BCUT2D eigenvalue weighted by atomic mass is 16.5. The Bertz CT molecular complexity index is 1090. The van der Waals surface area contributed by atoms with Crippen molar-refractivity contribution in [3.63, 3.8) is 0 Å². The number of hydrogen-bond donors (Lipinski definition) is 1. The minimum absolute atomic E-state index is 0.0269. The summed E-state index contributed by atoms with van der Waals surface area (Å²) in [5.41, 5.74) is 3.57. The predicted molar refractivity (Wildman–Crippen MR) is 111 cm³/mol. The van der Waals surface area contributed by atoms with Gasteiger partial charge in [0.05, 0.1) is 11.8 Å². The van der Waals surface area contributed by atoms with Crippen molar-refractivity contribution in [3.05, 3.63) is 77.7 Å². The maximum Gasteiger partial charge on any atom is 0.262 e. The number of nitrogens with zero attached hydrogens (tertiary/aromatic N) is 1. The van der Waals surface area contributed by atoms with Crippen LogP contribution in [-0.2, 0) is 11.2 Å². The highest BCUT2D eigenvalue weighted by Gasteiger charge is 2.26. The van der Waals surface area contributed by atoms with Crippen LogP contribution in [0.15, 0.2) is 65.5 Å². The third-order valence-corrected chi connectivity index (χ3v) is 4.90. The van der Waals surface area contributed by atoms with Crippen LogP contribution in [0.25, 0.3) is 0 Å². The van der Waals surface area contributed by atoms with Crippen LogP contribution in [0.2, 0.25) is 0 Å². The number of carbonyl (C=O) groups excluding carboxylic acids is 3. The normalized spacial score (nSPS) is 12.4. The van der Waals surface area contributed by atoms with Gasteiger partial charge in [0, 0.05) is 23.5 Å². The number of rotatable bonds is 6. The molecule has 2 heterocycles. The van der Waals surface area contributed by atoms with Crippen molar-refractivity contribution < 1.29 is 23.5 Å². The molecule has 2 amide bonds. The molecule has 152 valence electrons. The lowest BCUT2D eigenvalue weighted by molar-refractivity contribution is -0.118. The summed E-state index contributed by atoms with van der Waals surface area (Å²) >= 11 is 0. The monoisotopic (exact) mass is 404 g/mol. The molecule has 7 nitrogen and oxygen atoms in total. The number of fused-ring (bicyclic) bond motifs is 1. The number of anilines is 2. The zero-order valence-electron chi connectivity index (χ0n) is 16.4. The van der Waals surface area contributed by atoms with Gasteiger partial charge in [-0.25, -0.2) is 0 Å². The fourth-order valence-electron chi connectivity index (χ4n) is 3.36. The van der Waals surface area contributed by atoms with Crippen LogP contribution in [0.1, 0.15) is 33.2 Å². The highest BCUT2D eigenvalue weighted by Crippen LogP contribution is 2.31. The molecule has 0 saturated heterocycles. The summed E-state index contributed by atoms with van der Waals surface area (Å²) in [6.45, 7) is 1.92. The average molecular weight is 404 g/mol. The summed E-state index contributed by atoms with van der Waals surface area (Å²) in [5, 5.41) is 2.81. The van der Waals surface area contributed by atoms with Gasteiger partial charge in [0.15, 0.2) is 12.4 Å². The third kappa shape index (κ3) is 4.10. The number of nitrogens with one attached hydrogen (secondary N) is 1. The molecule has 4 rings (SSSR count). The topological polar surface area (TPSA) is 88.9 Å². The van der Waals surface area contributed by atoms with Crippen LogP contribution < -0.4 is 15.0 Å². The first kappa shape index (κ1) is 19.4. The van der Waals surface area contributed by atoms with Crippen molar-refractivity contribution in [3.8, 4) is 5.75 Å². The lowest BCUT2D eigenvalue weighted by Crippen LogP contribution is -2.28. The molecule has 2 aromatic carbocycles. The number of Topliss-reactive ketones (excluding diaryl/α,β-unsaturated/α-hetero) is 1. The van der Waals surface area contributed by atoms with E-state index in [1.807, 2.05) is 12.1 Å². The smallest absolute Gasteiger partial charge is 0.262 e. The quantitative estimate of drug-likeness (QED) is 0.633. The number of furan rings is 1. The average Bonchev–Trinajstić information content (AvgIpc) is 3.42. The van der Waals surface area contributed by atoms with Gasteiger partial charge in [-0.15, -0.1) is 0 Å². The zero-order chi connectivity index (χ0) is 21.1. The number of ether oxygens (including phenoxy) is 1. The molecule has 1 aliphatic heterocycles. The van der Waals surface area contributed by atoms with Crippen LogP contribution in [0.3, 0.4) is 0 Å². The molecule has 30 heavy (non-hydrogen) atoms. The van der Waals surface area contributed by atoms with Crippen LogP contribution in [0, 0.1) is 0 Å². The van der Waals surface area contributed by atoms with Gasteiger partial charge in [-0.2, -0.15) is 0 Å². The maximum absolute atomic E-state index is 12.6. The minimum Gasteiger partial charge on any atom is -0.484 e. The molecule has 0 unspecified atom stereocenters. The van der Waals surface area contributed by atoms with Gasteiger partial charge in [-0.05, 0) is 67.4 Å². The molecule has 0 spiro atoms. The summed E-state index contributed by atoms with van der Waals surface area (Å²) in [7, 11) is 0. The first-order chi connectivity index (χ1) is 14.5. The molecule has 1 aliphatic rings. The predicted octanol–water partition coefficient (Wildman–Crippen LogP) is 3.70. The second-order valence-electron chi connectivity index (χ2n) is 6.98. The first-order valence-corrected chi connectivity index (χ1v) is 9.52. The van der Waals surface area contributed by atoms with E-state index in [4.69, 9.17) is 9.15 Å². The van der Waals surface area contributed by atoms with E-state index in [2.05, 4.69) is 5.32 Å². The highest BCUT2D eigenvalue weighted by molar-refractivity contribution is 6.07. The Morgan fingerprint density at radius 1 is 1.07 bits per heavy atom. The van der Waals surface area contributed by atoms with Crippen molar-refractivity contribution in [1.29, 1.82) is 0 Å². The molecule has 0 fully saturated rings. The van der Waals surface area contributed by atoms with E-state index in [-0.39, 0.29) is 24.2 Å². The van der Waals surface area contributed by atoms with Gasteiger partial charge in [0.2, 0.25) is 0 Å². The van der Waals surface area contributed by atoms with Gasteiger partial charge in [-0.3, -0.25) is 14.4 Å². The molecule has 0 radical (unpaired) electrons. The second-order valence-corrected chi connectivity index (χ2v) is 6.98. The van der Waals surface area contributed by atoms with Crippen molar-refractivity contribution in [1.82, 2.24) is 0 Å². The summed E-state index contributed by atoms with van der Waals surface area (Å²) in [4.78, 5) is 37.8. The van der Waals surface area contributed by atoms with E-state index in [0.717, 1.165) is 11.3 Å². The molecule has 0 atom stereocenters. The second kappa shape index (κ2) is 8.24. The maximum atomic E-state index is 12.6. The van der Waals surface area contributed by atoms with Crippen molar-refractivity contribution in [2.75, 3.05) is 23.4 Å². The van der Waals surface area contributed by atoms with Gasteiger partial charge in [0.1, 0.15) is 12.0 Å². The Balaban J connectivity index is 1.36. The Hall–Kier alpha value is -3.87. The lowest BCUT2D eigenvalue weighted by atomic mass is 10.1. The number of benzene rings is 2. The zero-order valence-corrected chi connectivity index (χ0v) is 16.4. The van der Waals surface area contributed by atoms with Crippen molar-refractivity contribution in [2.45, 2.75) is 13.3 Å². The lowest BCUT2D eigenvalue weighted by Gasteiger charge is -2.16. The Morgan fingerprint density at radius 2 is 1.87 bits per heavy atom. The molecule has 0 saturated carbocycles. The van der Waals surface area contributed by atoms with Crippen molar-refractivity contribution >= 4 is 29.0 Å². The summed E-state index contributed by atoms with van der Waals surface area (Å²) in [6, 6.07) is 13.7. The van der Waals surface area contributed by atoms with E-state index in [1.54, 1.807) is 41.3 Å². The van der Waals surface area contributed by atoms with Gasteiger partial charge < -0.3 is 19.4 Å². The van der Waals surface area contributed by atoms with Gasteiger partial charge >= 0.3 is 0 Å². The fourth-order valence-corrected chi connectivity index (χ4v) is 3.36. The fraction of sp³-hybridized carbons (Fsp3) is 0.174. The standard InChI is InChI=1S/C23H20N2O5/c1-15(26)16-2-5-20(6-3-16)30-14-22(27)24-19-4-7-21-17(12-19)8-10-25(21)23(28)18-9-11-29-13-18/h2-7,9,11-13H,8,10,14H2,1H3,(H,24,27). The van der Waals surface area contributed by atoms with E-state index in [1.165, 1.54) is 19.5 Å². The van der Waals surface area contributed by atoms with Crippen LogP contribution in [0.4, 0.5) is 11.4 Å². The molecule has 1 N–H and O–H groups in total.